The van der Waals surface area contributed by atoms with Crippen molar-refractivity contribution >= 4 is 11.6 Å². The van der Waals surface area contributed by atoms with Gasteiger partial charge in [0.25, 0.3) is 5.91 Å². The number of pyridine rings is 1. The quantitative estimate of drug-likeness (QED) is 0.464. The number of benzene rings is 1. The number of hydrogen-bond acceptors (Lipinski definition) is 8. The van der Waals surface area contributed by atoms with E-state index in [1.165, 1.54) is 17.5 Å². The summed E-state index contributed by atoms with van der Waals surface area (Å²) >= 11 is 0. The number of carbonyl (C=O) groups is 1. The number of aliphatic hydroxyl groups excluding tert-OH is 1. The minimum atomic E-state index is -0.431. The molecule has 11 heteroatoms. The fraction of sp³-hybridized carbons (Fsp3) is 0.304. The van der Waals surface area contributed by atoms with Gasteiger partial charge in [0.05, 0.1) is 35.6 Å². The molecule has 2 aliphatic rings. The maximum Gasteiger partial charge on any atom is 0.274 e. The van der Waals surface area contributed by atoms with Gasteiger partial charge in [-0.15, -0.1) is 5.10 Å². The number of aliphatic hydroxyl groups is 1. The van der Waals surface area contributed by atoms with Crippen LogP contribution in [0.5, 0.6) is 5.75 Å². The van der Waals surface area contributed by atoms with Gasteiger partial charge in [-0.3, -0.25) is 9.78 Å². The van der Waals surface area contributed by atoms with Crippen LogP contribution in [0, 0.1) is 0 Å². The molecule has 1 saturated carbocycles. The first-order valence-electron chi connectivity index (χ1n) is 10.7. The van der Waals surface area contributed by atoms with E-state index in [4.69, 9.17) is 4.74 Å². The third-order valence-corrected chi connectivity index (χ3v) is 5.85. The normalized spacial score (nSPS) is 16.4. The molecule has 174 valence electrons. The second-order valence-corrected chi connectivity index (χ2v) is 8.11. The molecule has 0 spiro atoms. The zero-order valence-corrected chi connectivity index (χ0v) is 17.5. The lowest BCUT2D eigenvalue weighted by Gasteiger charge is -2.14. The first-order chi connectivity index (χ1) is 16.2. The molecule has 34 heavy (non-hydrogen) atoms. The molecule has 0 unspecified atom stereocenters. The van der Waals surface area contributed by atoms with Crippen LogP contribution < -0.4 is 10.1 Å². The summed E-state index contributed by atoms with van der Waals surface area (Å²) in [6.45, 7) is -0.0206. The van der Waals surface area contributed by atoms with Gasteiger partial charge in [-0.1, -0.05) is 13.5 Å². The number of rotatable bonds is 5. The van der Waals surface area contributed by atoms with Gasteiger partial charge in [0.1, 0.15) is 18.3 Å². The maximum atomic E-state index is 13.1. The average Bonchev–Trinajstić information content (AvgIpc) is 3.42. The second-order valence-electron chi connectivity index (χ2n) is 8.11. The third kappa shape index (κ3) is 3.79. The van der Waals surface area contributed by atoms with E-state index in [1.807, 2.05) is 22.9 Å². The van der Waals surface area contributed by atoms with E-state index in [0.29, 0.717) is 28.7 Å². The van der Waals surface area contributed by atoms with Crippen molar-refractivity contribution in [1.29, 1.82) is 0 Å². The highest BCUT2D eigenvalue weighted by Gasteiger charge is 2.28. The number of tetrazole rings is 1. The number of imidazole rings is 1. The number of amides is 1. The molecule has 1 fully saturated rings. The Kier molecular flexibility index (Phi) is 5.54. The Morgan fingerprint density at radius 1 is 1.24 bits per heavy atom. The number of nitrogens with one attached hydrogen (secondary N) is 1. The van der Waals surface area contributed by atoms with Crippen molar-refractivity contribution in [2.75, 3.05) is 18.5 Å². The molecule has 1 aromatic carbocycles. The lowest BCUT2D eigenvalue weighted by molar-refractivity contribution is 0.102. The van der Waals surface area contributed by atoms with Gasteiger partial charge in [0.2, 0.25) is 0 Å². The summed E-state index contributed by atoms with van der Waals surface area (Å²) in [5.74, 6) is 1.08. The first kappa shape index (κ1) is 21.7. The maximum absolute atomic E-state index is 13.1. The molecule has 1 amide bonds. The van der Waals surface area contributed by atoms with Crippen LogP contribution in [0.1, 0.15) is 48.4 Å². The minimum Gasteiger partial charge on any atom is -0.488 e. The predicted molar refractivity (Wildman–Crippen MR) is 123 cm³/mol. The Bertz CT molecular complexity index is 1340. The highest BCUT2D eigenvalue weighted by atomic mass is 16.5. The lowest BCUT2D eigenvalue weighted by atomic mass is 10.1. The van der Waals surface area contributed by atoms with Crippen LogP contribution in [-0.2, 0) is 0 Å². The molecular weight excluding hydrogens is 436 g/mol. The van der Waals surface area contributed by atoms with Crippen molar-refractivity contribution < 1.29 is 14.6 Å². The number of carbonyl (C=O) groups excluding carboxylic acids is 1. The molecule has 0 saturated heterocycles. The van der Waals surface area contributed by atoms with E-state index in [9.17, 15) is 9.90 Å². The zero-order chi connectivity index (χ0) is 22.4. The van der Waals surface area contributed by atoms with Crippen molar-refractivity contribution in [3.63, 3.8) is 0 Å². The standard InChI is InChI=1S/C22H20N8O3.CH4/c31-10-15-11-33-20-16(21-26-27-28-30(15)21)2-1-3-17(20)25-22(32)18-8-14(6-7-23-18)29-9-19(24-12-29)13-4-5-13;/h1-3,6-9,12-13,15,31H,4-5,10-11H2,(H,25,32);1H4/t15-;/m0./s1. The summed E-state index contributed by atoms with van der Waals surface area (Å²) in [6, 6.07) is 8.46. The molecule has 11 nitrogen and oxygen atoms in total. The molecular formula is C23H24N8O3. The number of anilines is 1. The van der Waals surface area contributed by atoms with Crippen molar-refractivity contribution in [2.24, 2.45) is 0 Å². The molecule has 1 aliphatic carbocycles. The molecule has 6 rings (SSSR count). The van der Waals surface area contributed by atoms with E-state index >= 15 is 0 Å². The van der Waals surface area contributed by atoms with E-state index in [-0.39, 0.29) is 32.2 Å². The number of fused-ring (bicyclic) bond motifs is 3. The van der Waals surface area contributed by atoms with Crippen LogP contribution in [0.15, 0.2) is 49.1 Å². The minimum absolute atomic E-state index is 0. The van der Waals surface area contributed by atoms with Crippen LogP contribution >= 0.6 is 0 Å². The highest BCUT2D eigenvalue weighted by molar-refractivity contribution is 6.04. The Labute approximate surface area is 195 Å². The molecule has 2 N–H and O–H groups in total. The molecule has 1 atom stereocenters. The molecule has 0 radical (unpaired) electrons. The van der Waals surface area contributed by atoms with Crippen LogP contribution in [0.3, 0.4) is 0 Å². The van der Waals surface area contributed by atoms with Gasteiger partial charge in [0, 0.05) is 18.3 Å². The molecule has 3 aromatic heterocycles. The summed E-state index contributed by atoms with van der Waals surface area (Å²) in [7, 11) is 0. The van der Waals surface area contributed by atoms with Gasteiger partial charge in [0.15, 0.2) is 11.6 Å². The van der Waals surface area contributed by atoms with Crippen molar-refractivity contribution in [1.82, 2.24) is 34.7 Å². The van der Waals surface area contributed by atoms with E-state index in [2.05, 4.69) is 30.8 Å². The lowest BCUT2D eigenvalue weighted by Crippen LogP contribution is -2.21. The average molecular weight is 460 g/mol. The number of aromatic nitrogens is 7. The Morgan fingerprint density at radius 2 is 2.12 bits per heavy atom. The number of ether oxygens (including phenoxy) is 1. The Morgan fingerprint density at radius 3 is 2.94 bits per heavy atom. The van der Waals surface area contributed by atoms with Crippen LogP contribution in [-0.4, -0.2) is 59.0 Å². The number of nitrogens with zero attached hydrogens (tertiary/aromatic N) is 7. The van der Waals surface area contributed by atoms with Gasteiger partial charge in [-0.2, -0.15) is 0 Å². The number of hydrogen-bond donors (Lipinski definition) is 2. The Balaban J connectivity index is 0.00000241. The monoisotopic (exact) mass is 460 g/mol. The second kappa shape index (κ2) is 8.67. The summed E-state index contributed by atoms with van der Waals surface area (Å²) in [5.41, 5.74) is 3.24. The highest BCUT2D eigenvalue weighted by Crippen LogP contribution is 2.40. The first-order valence-corrected chi connectivity index (χ1v) is 10.7. The van der Waals surface area contributed by atoms with E-state index in [0.717, 1.165) is 11.4 Å². The largest absolute Gasteiger partial charge is 0.488 e. The van der Waals surface area contributed by atoms with E-state index in [1.54, 1.807) is 30.7 Å². The molecule has 4 heterocycles. The smallest absolute Gasteiger partial charge is 0.274 e. The van der Waals surface area contributed by atoms with Gasteiger partial charge >= 0.3 is 0 Å². The zero-order valence-electron chi connectivity index (χ0n) is 17.5. The molecule has 1 aliphatic heterocycles. The van der Waals surface area contributed by atoms with Gasteiger partial charge in [-0.05, 0) is 47.5 Å². The summed E-state index contributed by atoms with van der Waals surface area (Å²) < 4.78 is 9.38. The van der Waals surface area contributed by atoms with Crippen LogP contribution in [0.4, 0.5) is 5.69 Å². The summed E-state index contributed by atoms with van der Waals surface area (Å²) in [6.07, 6.45) is 7.72. The van der Waals surface area contributed by atoms with Crippen molar-refractivity contribution in [3.05, 3.63) is 60.4 Å². The molecule has 4 aromatic rings. The fourth-order valence-electron chi connectivity index (χ4n) is 3.92. The van der Waals surface area contributed by atoms with Crippen molar-refractivity contribution in [2.45, 2.75) is 32.2 Å². The number of para-hydroxylation sites is 1. The fourth-order valence-corrected chi connectivity index (χ4v) is 3.92. The SMILES string of the molecule is C.O=C(Nc1cccc2c1OC[C@H](CO)n1nnnc1-2)c1cc(-n2cnc(C3CC3)c2)ccn1. The van der Waals surface area contributed by atoms with E-state index < -0.39 is 6.04 Å². The van der Waals surface area contributed by atoms with Crippen LogP contribution in [0.25, 0.3) is 17.1 Å². The Hall–Kier alpha value is -4.12. The summed E-state index contributed by atoms with van der Waals surface area (Å²) in [4.78, 5) is 21.8. The predicted octanol–water partition coefficient (Wildman–Crippen LogP) is 2.61. The van der Waals surface area contributed by atoms with Gasteiger partial charge < -0.3 is 19.7 Å². The summed E-state index contributed by atoms with van der Waals surface area (Å²) in [5, 5.41) is 24.4. The van der Waals surface area contributed by atoms with Crippen LogP contribution in [0.2, 0.25) is 0 Å². The molecule has 0 bridgehead atoms. The van der Waals surface area contributed by atoms with Crippen molar-refractivity contribution in [3.8, 4) is 22.8 Å². The third-order valence-electron chi connectivity index (χ3n) is 5.85. The topological polar surface area (TPSA) is 133 Å². The van der Waals surface area contributed by atoms with Gasteiger partial charge in [-0.25, -0.2) is 9.67 Å².